The lowest BCUT2D eigenvalue weighted by atomic mass is 10.1. The molecular formula is C18H19F3N2O. The van der Waals surface area contributed by atoms with Crippen LogP contribution in [0.5, 0.6) is 0 Å². The quantitative estimate of drug-likeness (QED) is 0.826. The molecule has 3 nitrogen and oxygen atoms in total. The SMILES string of the molecule is Cc1cccc(NCCC(=O)Nc2ccc(C(F)(F)F)cc2)c1C. The van der Waals surface area contributed by atoms with Crippen molar-refractivity contribution in [3.05, 3.63) is 59.2 Å². The highest BCUT2D eigenvalue weighted by atomic mass is 19.4. The summed E-state index contributed by atoms with van der Waals surface area (Å²) < 4.78 is 37.4. The maximum absolute atomic E-state index is 12.5. The molecule has 2 aromatic carbocycles. The van der Waals surface area contributed by atoms with Crippen LogP contribution in [0.2, 0.25) is 0 Å². The molecule has 0 saturated carbocycles. The first-order valence-corrected chi connectivity index (χ1v) is 7.54. The molecule has 2 aromatic rings. The zero-order valence-electron chi connectivity index (χ0n) is 13.5. The minimum absolute atomic E-state index is 0.217. The average molecular weight is 336 g/mol. The number of amides is 1. The molecule has 0 aliphatic rings. The minimum Gasteiger partial charge on any atom is -0.384 e. The summed E-state index contributed by atoms with van der Waals surface area (Å²) in [7, 11) is 0. The second-order valence-corrected chi connectivity index (χ2v) is 5.55. The van der Waals surface area contributed by atoms with Crippen LogP contribution in [-0.4, -0.2) is 12.5 Å². The van der Waals surface area contributed by atoms with Crippen molar-refractivity contribution in [2.45, 2.75) is 26.4 Å². The van der Waals surface area contributed by atoms with E-state index < -0.39 is 11.7 Å². The van der Waals surface area contributed by atoms with E-state index in [0.29, 0.717) is 12.2 Å². The number of aryl methyl sites for hydroxylation is 1. The third-order valence-corrected chi connectivity index (χ3v) is 3.77. The Labute approximate surface area is 138 Å². The van der Waals surface area contributed by atoms with E-state index in [0.717, 1.165) is 28.9 Å². The van der Waals surface area contributed by atoms with Gasteiger partial charge in [-0.3, -0.25) is 4.79 Å². The van der Waals surface area contributed by atoms with E-state index in [-0.39, 0.29) is 12.3 Å². The van der Waals surface area contributed by atoms with E-state index in [2.05, 4.69) is 10.6 Å². The fraction of sp³-hybridized carbons (Fsp3) is 0.278. The van der Waals surface area contributed by atoms with E-state index in [4.69, 9.17) is 0 Å². The van der Waals surface area contributed by atoms with Crippen LogP contribution in [0.3, 0.4) is 0 Å². The highest BCUT2D eigenvalue weighted by Crippen LogP contribution is 2.29. The smallest absolute Gasteiger partial charge is 0.384 e. The number of carbonyl (C=O) groups is 1. The molecule has 0 aromatic heterocycles. The van der Waals surface area contributed by atoms with Gasteiger partial charge in [-0.05, 0) is 55.3 Å². The number of rotatable bonds is 5. The average Bonchev–Trinajstić information content (AvgIpc) is 2.51. The first kappa shape index (κ1) is 17.8. The summed E-state index contributed by atoms with van der Waals surface area (Å²) in [6.07, 6.45) is -4.16. The molecule has 0 spiro atoms. The zero-order chi connectivity index (χ0) is 17.7. The van der Waals surface area contributed by atoms with Crippen molar-refractivity contribution in [3.63, 3.8) is 0 Å². The molecule has 0 aliphatic heterocycles. The Morgan fingerprint density at radius 1 is 1.04 bits per heavy atom. The largest absolute Gasteiger partial charge is 0.416 e. The molecule has 0 aliphatic carbocycles. The van der Waals surface area contributed by atoms with Crippen LogP contribution in [0, 0.1) is 13.8 Å². The molecule has 0 atom stereocenters. The van der Waals surface area contributed by atoms with Gasteiger partial charge in [0.05, 0.1) is 5.56 Å². The first-order chi connectivity index (χ1) is 11.3. The van der Waals surface area contributed by atoms with Gasteiger partial charge in [-0.15, -0.1) is 0 Å². The molecule has 0 fully saturated rings. The van der Waals surface area contributed by atoms with Gasteiger partial charge < -0.3 is 10.6 Å². The summed E-state index contributed by atoms with van der Waals surface area (Å²) in [5, 5.41) is 5.78. The summed E-state index contributed by atoms with van der Waals surface area (Å²) in [5.41, 5.74) is 2.86. The lowest BCUT2D eigenvalue weighted by Crippen LogP contribution is -2.16. The van der Waals surface area contributed by atoms with Crippen molar-refractivity contribution in [1.29, 1.82) is 0 Å². The number of hydrogen-bond donors (Lipinski definition) is 2. The van der Waals surface area contributed by atoms with E-state index >= 15 is 0 Å². The van der Waals surface area contributed by atoms with Gasteiger partial charge in [0.1, 0.15) is 0 Å². The summed E-state index contributed by atoms with van der Waals surface area (Å²) >= 11 is 0. The van der Waals surface area contributed by atoms with Crippen molar-refractivity contribution in [2.24, 2.45) is 0 Å². The maximum Gasteiger partial charge on any atom is 0.416 e. The van der Waals surface area contributed by atoms with Crippen molar-refractivity contribution < 1.29 is 18.0 Å². The lowest BCUT2D eigenvalue weighted by molar-refractivity contribution is -0.137. The number of benzene rings is 2. The number of halogens is 3. The Balaban J connectivity index is 1.84. The number of anilines is 2. The molecule has 0 unspecified atom stereocenters. The third kappa shape index (κ3) is 4.75. The summed E-state index contributed by atoms with van der Waals surface area (Å²) in [6.45, 7) is 4.45. The zero-order valence-corrected chi connectivity index (χ0v) is 13.5. The van der Waals surface area contributed by atoms with Gasteiger partial charge in [-0.2, -0.15) is 13.2 Å². The number of alkyl halides is 3. The second-order valence-electron chi connectivity index (χ2n) is 5.55. The Hall–Kier alpha value is -2.50. The number of nitrogens with one attached hydrogen (secondary N) is 2. The van der Waals surface area contributed by atoms with Crippen LogP contribution in [0.15, 0.2) is 42.5 Å². The van der Waals surface area contributed by atoms with Crippen molar-refractivity contribution >= 4 is 17.3 Å². The highest BCUT2D eigenvalue weighted by Gasteiger charge is 2.29. The lowest BCUT2D eigenvalue weighted by Gasteiger charge is -2.12. The van der Waals surface area contributed by atoms with E-state index in [1.165, 1.54) is 12.1 Å². The second kappa shape index (κ2) is 7.38. The molecule has 2 N–H and O–H groups in total. The van der Waals surface area contributed by atoms with Gasteiger partial charge in [0.25, 0.3) is 0 Å². The number of hydrogen-bond acceptors (Lipinski definition) is 2. The number of carbonyl (C=O) groups excluding carboxylic acids is 1. The normalized spacial score (nSPS) is 11.2. The first-order valence-electron chi connectivity index (χ1n) is 7.54. The highest BCUT2D eigenvalue weighted by molar-refractivity contribution is 5.91. The Morgan fingerprint density at radius 3 is 2.33 bits per heavy atom. The van der Waals surface area contributed by atoms with E-state index in [9.17, 15) is 18.0 Å². The Morgan fingerprint density at radius 2 is 1.71 bits per heavy atom. The fourth-order valence-corrected chi connectivity index (χ4v) is 2.22. The molecule has 6 heteroatoms. The van der Waals surface area contributed by atoms with E-state index in [1.807, 2.05) is 32.0 Å². The molecule has 24 heavy (non-hydrogen) atoms. The molecule has 0 bridgehead atoms. The van der Waals surface area contributed by atoms with Crippen LogP contribution in [0.1, 0.15) is 23.1 Å². The molecule has 0 radical (unpaired) electrons. The van der Waals surface area contributed by atoms with Crippen LogP contribution < -0.4 is 10.6 Å². The maximum atomic E-state index is 12.5. The van der Waals surface area contributed by atoms with Crippen molar-refractivity contribution in [2.75, 3.05) is 17.2 Å². The van der Waals surface area contributed by atoms with Gasteiger partial charge >= 0.3 is 6.18 Å². The van der Waals surface area contributed by atoms with Gasteiger partial charge in [0, 0.05) is 24.3 Å². The predicted molar refractivity (Wildman–Crippen MR) is 89.1 cm³/mol. The van der Waals surface area contributed by atoms with E-state index in [1.54, 1.807) is 0 Å². The summed E-state index contributed by atoms with van der Waals surface area (Å²) in [5.74, 6) is -0.257. The third-order valence-electron chi connectivity index (χ3n) is 3.77. The van der Waals surface area contributed by atoms with Crippen molar-refractivity contribution in [3.8, 4) is 0 Å². The molecule has 1 amide bonds. The van der Waals surface area contributed by atoms with Gasteiger partial charge in [-0.25, -0.2) is 0 Å². The van der Waals surface area contributed by atoms with Crippen LogP contribution in [0.4, 0.5) is 24.5 Å². The van der Waals surface area contributed by atoms with Crippen LogP contribution >= 0.6 is 0 Å². The Kier molecular flexibility index (Phi) is 5.49. The Bertz CT molecular complexity index is 709. The van der Waals surface area contributed by atoms with Gasteiger partial charge in [0.2, 0.25) is 5.91 Å². The summed E-state index contributed by atoms with van der Waals surface area (Å²) in [6, 6.07) is 10.3. The van der Waals surface area contributed by atoms with Crippen molar-refractivity contribution in [1.82, 2.24) is 0 Å². The monoisotopic (exact) mass is 336 g/mol. The molecule has 0 heterocycles. The summed E-state index contributed by atoms with van der Waals surface area (Å²) in [4.78, 5) is 11.9. The molecule has 0 saturated heterocycles. The molecular weight excluding hydrogens is 317 g/mol. The minimum atomic E-state index is -4.38. The topological polar surface area (TPSA) is 41.1 Å². The van der Waals surface area contributed by atoms with Crippen LogP contribution in [-0.2, 0) is 11.0 Å². The standard InChI is InChI=1S/C18H19F3N2O/c1-12-4-3-5-16(13(12)2)22-11-10-17(24)23-15-8-6-14(7-9-15)18(19,20)21/h3-9,22H,10-11H2,1-2H3,(H,23,24). The molecule has 128 valence electrons. The van der Waals surface area contributed by atoms with Gasteiger partial charge in [0.15, 0.2) is 0 Å². The van der Waals surface area contributed by atoms with Gasteiger partial charge in [-0.1, -0.05) is 12.1 Å². The molecule has 2 rings (SSSR count). The fourth-order valence-electron chi connectivity index (χ4n) is 2.22. The van der Waals surface area contributed by atoms with Crippen LogP contribution in [0.25, 0.3) is 0 Å². The predicted octanol–water partition coefficient (Wildman–Crippen LogP) is 4.76.